The molecule has 2 heterocycles. The normalized spacial score (nSPS) is 10.3. The Hall–Kier alpha value is -3.70. The number of aromatic nitrogens is 3. The van der Waals surface area contributed by atoms with Crippen LogP contribution in [0.25, 0.3) is 5.82 Å². The first-order valence-electron chi connectivity index (χ1n) is 8.53. The molecule has 9 heteroatoms. The molecule has 0 aliphatic rings. The Labute approximate surface area is 171 Å². The van der Waals surface area contributed by atoms with Crippen molar-refractivity contribution < 1.29 is 14.3 Å². The smallest absolute Gasteiger partial charge is 0.340 e. The number of carbonyl (C=O) groups is 2. The average Bonchev–Trinajstić information content (AvgIpc) is 3.04. The fraction of sp³-hybridized carbons (Fsp3) is 0.150. The van der Waals surface area contributed by atoms with Crippen LogP contribution in [0.15, 0.2) is 42.6 Å². The topological polar surface area (TPSA) is 110 Å². The monoisotopic (exact) mass is 409 g/mol. The largest absolute Gasteiger partial charge is 0.452 e. The van der Waals surface area contributed by atoms with E-state index in [-0.39, 0.29) is 10.6 Å². The van der Waals surface area contributed by atoms with Crippen molar-refractivity contribution in [2.45, 2.75) is 13.8 Å². The highest BCUT2D eigenvalue weighted by Gasteiger charge is 2.13. The lowest BCUT2D eigenvalue weighted by atomic mass is 10.2. The predicted octanol–water partition coefficient (Wildman–Crippen LogP) is 3.20. The van der Waals surface area contributed by atoms with Crippen molar-refractivity contribution in [3.63, 3.8) is 0 Å². The summed E-state index contributed by atoms with van der Waals surface area (Å²) in [4.78, 5) is 28.3. The second-order valence-corrected chi connectivity index (χ2v) is 6.58. The predicted molar refractivity (Wildman–Crippen MR) is 106 cm³/mol. The van der Waals surface area contributed by atoms with Gasteiger partial charge in [0.25, 0.3) is 5.91 Å². The number of nitrogens with zero attached hydrogens (tertiary/aromatic N) is 4. The first-order chi connectivity index (χ1) is 13.9. The lowest BCUT2D eigenvalue weighted by Gasteiger charge is -2.08. The van der Waals surface area contributed by atoms with E-state index in [0.29, 0.717) is 17.1 Å². The van der Waals surface area contributed by atoms with Crippen LogP contribution in [0.2, 0.25) is 5.02 Å². The fourth-order valence-electron chi connectivity index (χ4n) is 2.59. The Morgan fingerprint density at radius 2 is 2.03 bits per heavy atom. The van der Waals surface area contributed by atoms with Crippen molar-refractivity contribution in [3.8, 4) is 11.9 Å². The van der Waals surface area contributed by atoms with Gasteiger partial charge in [-0.1, -0.05) is 11.6 Å². The molecule has 0 unspecified atom stereocenters. The molecule has 0 saturated heterocycles. The van der Waals surface area contributed by atoms with Crippen molar-refractivity contribution in [2.24, 2.45) is 0 Å². The van der Waals surface area contributed by atoms with Crippen LogP contribution in [0.5, 0.6) is 0 Å². The number of nitrogens with one attached hydrogen (secondary N) is 1. The molecule has 2 aromatic heterocycles. The van der Waals surface area contributed by atoms with Crippen molar-refractivity contribution in [1.29, 1.82) is 5.26 Å². The number of hydrogen-bond acceptors (Lipinski definition) is 6. The number of anilines is 1. The van der Waals surface area contributed by atoms with Crippen LogP contribution in [-0.2, 0) is 9.53 Å². The van der Waals surface area contributed by atoms with Crippen LogP contribution in [0, 0.1) is 25.2 Å². The first-order valence-corrected chi connectivity index (χ1v) is 8.91. The van der Waals surface area contributed by atoms with Gasteiger partial charge < -0.3 is 10.1 Å². The zero-order chi connectivity index (χ0) is 21.0. The van der Waals surface area contributed by atoms with Crippen molar-refractivity contribution in [1.82, 2.24) is 14.8 Å². The lowest BCUT2D eigenvalue weighted by Crippen LogP contribution is -2.21. The average molecular weight is 410 g/mol. The number of halogens is 1. The third kappa shape index (κ3) is 4.78. The Bertz CT molecular complexity index is 1120. The van der Waals surface area contributed by atoms with E-state index in [0.717, 1.165) is 11.4 Å². The minimum absolute atomic E-state index is 0.212. The second kappa shape index (κ2) is 8.54. The Morgan fingerprint density at radius 3 is 2.62 bits per heavy atom. The minimum atomic E-state index is -0.676. The van der Waals surface area contributed by atoms with Gasteiger partial charge in [-0.25, -0.2) is 14.5 Å². The molecule has 0 aliphatic carbocycles. The fourth-order valence-corrected chi connectivity index (χ4v) is 2.81. The molecule has 3 rings (SSSR count). The summed E-state index contributed by atoms with van der Waals surface area (Å²) in [5.74, 6) is -0.639. The molecule has 0 spiro atoms. The third-order valence-electron chi connectivity index (χ3n) is 3.92. The highest BCUT2D eigenvalue weighted by molar-refractivity contribution is 6.32. The highest BCUT2D eigenvalue weighted by Crippen LogP contribution is 2.20. The van der Waals surface area contributed by atoms with Gasteiger partial charge in [-0.3, -0.25) is 4.79 Å². The third-order valence-corrected chi connectivity index (χ3v) is 4.23. The number of hydrogen-bond donors (Lipinski definition) is 1. The Morgan fingerprint density at radius 1 is 1.24 bits per heavy atom. The van der Waals surface area contributed by atoms with Crippen LogP contribution >= 0.6 is 11.6 Å². The molecule has 0 radical (unpaired) electrons. The maximum absolute atomic E-state index is 12.1. The molecular formula is C20H16ClN5O3. The highest BCUT2D eigenvalue weighted by atomic mass is 35.5. The van der Waals surface area contributed by atoms with Crippen molar-refractivity contribution in [2.75, 3.05) is 11.9 Å². The van der Waals surface area contributed by atoms with E-state index in [9.17, 15) is 9.59 Å². The van der Waals surface area contributed by atoms with E-state index in [1.807, 2.05) is 26.0 Å². The molecule has 0 fully saturated rings. The van der Waals surface area contributed by atoms with E-state index in [2.05, 4.69) is 15.4 Å². The van der Waals surface area contributed by atoms with Gasteiger partial charge in [0.05, 0.1) is 21.8 Å². The number of nitriles is 1. The molecule has 146 valence electrons. The summed E-state index contributed by atoms with van der Waals surface area (Å²) in [6, 6.07) is 11.5. The molecule has 8 nitrogen and oxygen atoms in total. The summed E-state index contributed by atoms with van der Waals surface area (Å²) < 4.78 is 6.68. The van der Waals surface area contributed by atoms with E-state index in [4.69, 9.17) is 21.6 Å². The number of rotatable bonds is 5. The number of pyridine rings is 1. The molecule has 29 heavy (non-hydrogen) atoms. The van der Waals surface area contributed by atoms with Crippen molar-refractivity contribution >= 4 is 29.2 Å². The molecule has 1 amide bonds. The molecule has 1 aromatic carbocycles. The summed E-state index contributed by atoms with van der Waals surface area (Å²) in [6.45, 7) is 3.31. The number of carbonyl (C=O) groups excluding carboxylic acids is 2. The standard InChI is InChI=1S/C20H16ClN5O3/c1-12-7-13(2)26(25-12)18-6-4-15(10-23-18)20(28)29-11-19(27)24-16-5-3-14(9-22)17(21)8-16/h3-8,10H,11H2,1-2H3,(H,24,27). The Kier molecular flexibility index (Phi) is 5.90. The van der Waals surface area contributed by atoms with Crippen LogP contribution < -0.4 is 5.32 Å². The Balaban J connectivity index is 1.57. The van der Waals surface area contributed by atoms with Gasteiger partial charge in [-0.2, -0.15) is 10.4 Å². The van der Waals surface area contributed by atoms with Gasteiger partial charge in [-0.15, -0.1) is 0 Å². The second-order valence-electron chi connectivity index (χ2n) is 6.17. The van der Waals surface area contributed by atoms with E-state index >= 15 is 0 Å². The van der Waals surface area contributed by atoms with Crippen LogP contribution in [0.3, 0.4) is 0 Å². The van der Waals surface area contributed by atoms with Gasteiger partial charge in [-0.05, 0) is 50.2 Å². The first kappa shape index (κ1) is 20.0. The van der Waals surface area contributed by atoms with Gasteiger partial charge in [0.1, 0.15) is 6.07 Å². The summed E-state index contributed by atoms with van der Waals surface area (Å²) >= 11 is 5.92. The number of aryl methyl sites for hydroxylation is 2. The summed E-state index contributed by atoms with van der Waals surface area (Å²) in [6.07, 6.45) is 1.37. The molecule has 1 N–H and O–H groups in total. The number of ether oxygens (including phenoxy) is 1. The zero-order valence-electron chi connectivity index (χ0n) is 15.6. The van der Waals surface area contributed by atoms with Crippen LogP contribution in [0.4, 0.5) is 5.69 Å². The molecule has 0 atom stereocenters. The van der Waals surface area contributed by atoms with Crippen LogP contribution in [0.1, 0.15) is 27.3 Å². The van der Waals surface area contributed by atoms with Gasteiger partial charge in [0.15, 0.2) is 12.4 Å². The van der Waals surface area contributed by atoms with E-state index < -0.39 is 18.5 Å². The van der Waals surface area contributed by atoms with Gasteiger partial charge >= 0.3 is 5.97 Å². The lowest BCUT2D eigenvalue weighted by molar-refractivity contribution is -0.119. The molecule has 0 saturated carbocycles. The molecular weight excluding hydrogens is 394 g/mol. The molecule has 0 bridgehead atoms. The number of amides is 1. The zero-order valence-corrected chi connectivity index (χ0v) is 16.4. The van der Waals surface area contributed by atoms with Crippen LogP contribution in [-0.4, -0.2) is 33.2 Å². The minimum Gasteiger partial charge on any atom is -0.452 e. The summed E-state index contributed by atoms with van der Waals surface area (Å²) in [5, 5.41) is 15.9. The maximum Gasteiger partial charge on any atom is 0.340 e. The van der Waals surface area contributed by atoms with Crippen molar-refractivity contribution in [3.05, 3.63) is 70.1 Å². The van der Waals surface area contributed by atoms with Gasteiger partial charge in [0, 0.05) is 17.6 Å². The number of esters is 1. The summed E-state index contributed by atoms with van der Waals surface area (Å²) in [5.41, 5.74) is 2.69. The van der Waals surface area contributed by atoms with Gasteiger partial charge in [0.2, 0.25) is 0 Å². The quantitative estimate of drug-likeness (QED) is 0.648. The molecule has 0 aliphatic heterocycles. The SMILES string of the molecule is Cc1cc(C)n(-c2ccc(C(=O)OCC(=O)Nc3ccc(C#N)c(Cl)c3)cn2)n1. The van der Waals surface area contributed by atoms with E-state index in [1.54, 1.807) is 16.8 Å². The molecule has 3 aromatic rings. The summed E-state index contributed by atoms with van der Waals surface area (Å²) in [7, 11) is 0. The number of benzene rings is 1. The van der Waals surface area contributed by atoms with E-state index in [1.165, 1.54) is 24.4 Å². The maximum atomic E-state index is 12.1.